The zero-order valence-corrected chi connectivity index (χ0v) is 8.54. The molecule has 2 rings (SSSR count). The molecule has 4 heteroatoms. The van der Waals surface area contributed by atoms with Gasteiger partial charge in [-0.15, -0.1) is 0 Å². The van der Waals surface area contributed by atoms with Gasteiger partial charge in [-0.25, -0.2) is 0 Å². The van der Waals surface area contributed by atoms with Crippen LogP contribution in [0.15, 0.2) is 24.5 Å². The fourth-order valence-corrected chi connectivity index (χ4v) is 1.60. The van der Waals surface area contributed by atoms with E-state index in [1.165, 1.54) is 0 Å². The lowest BCUT2D eigenvalue weighted by Gasteiger charge is -2.04. The predicted octanol–water partition coefficient (Wildman–Crippen LogP) is 2.00. The topological polar surface area (TPSA) is 37.8 Å². The summed E-state index contributed by atoms with van der Waals surface area (Å²) in [6, 6.07) is 3.75. The van der Waals surface area contributed by atoms with Crippen LogP contribution < -0.4 is 5.32 Å². The Labute approximate surface area is 87.1 Å². The average Bonchev–Trinajstić information content (AvgIpc) is 2.23. The van der Waals surface area contributed by atoms with Crippen LogP contribution in [0, 0.1) is 0 Å². The number of aromatic nitrogens is 2. The Kier molecular flexibility index (Phi) is 2.61. The second-order valence-electron chi connectivity index (χ2n) is 3.00. The van der Waals surface area contributed by atoms with E-state index in [0.717, 1.165) is 16.6 Å². The molecule has 2 aromatic heterocycles. The van der Waals surface area contributed by atoms with Gasteiger partial charge in [-0.05, 0) is 19.2 Å². The molecule has 0 fully saturated rings. The minimum atomic E-state index is 0.685. The molecule has 0 aliphatic rings. The van der Waals surface area contributed by atoms with E-state index in [1.54, 1.807) is 12.4 Å². The van der Waals surface area contributed by atoms with Gasteiger partial charge >= 0.3 is 0 Å². The monoisotopic (exact) mass is 207 g/mol. The van der Waals surface area contributed by atoms with E-state index in [-0.39, 0.29) is 0 Å². The van der Waals surface area contributed by atoms with Gasteiger partial charge in [0.25, 0.3) is 0 Å². The van der Waals surface area contributed by atoms with E-state index in [4.69, 9.17) is 11.6 Å². The number of pyridine rings is 2. The minimum Gasteiger partial charge on any atom is -0.316 e. The first-order valence-corrected chi connectivity index (χ1v) is 4.73. The first kappa shape index (κ1) is 9.37. The zero-order valence-electron chi connectivity index (χ0n) is 7.79. The molecular weight excluding hydrogens is 198 g/mol. The summed E-state index contributed by atoms with van der Waals surface area (Å²) in [4.78, 5) is 8.48. The average molecular weight is 208 g/mol. The standard InChI is InChI=1S/C10H10ClN3/c1-12-5-7-6-14-8-3-2-4-13-10(8)9(7)11/h2-4,6,12H,5H2,1H3. The van der Waals surface area contributed by atoms with Crippen molar-refractivity contribution < 1.29 is 0 Å². The van der Waals surface area contributed by atoms with Gasteiger partial charge < -0.3 is 5.32 Å². The Bertz CT molecular complexity index is 456. The summed E-state index contributed by atoms with van der Waals surface area (Å²) in [5, 5.41) is 3.72. The summed E-state index contributed by atoms with van der Waals surface area (Å²) in [6.07, 6.45) is 3.50. The summed E-state index contributed by atoms with van der Waals surface area (Å²) in [5.74, 6) is 0. The largest absolute Gasteiger partial charge is 0.316 e. The maximum atomic E-state index is 6.18. The summed E-state index contributed by atoms with van der Waals surface area (Å²) < 4.78 is 0. The second kappa shape index (κ2) is 3.90. The van der Waals surface area contributed by atoms with E-state index in [0.29, 0.717) is 11.6 Å². The van der Waals surface area contributed by atoms with Crippen LogP contribution in [0.3, 0.4) is 0 Å². The molecular formula is C10H10ClN3. The SMILES string of the molecule is CNCc1cnc2cccnc2c1Cl. The summed E-state index contributed by atoms with van der Waals surface area (Å²) in [7, 11) is 1.87. The van der Waals surface area contributed by atoms with Gasteiger partial charge in [0, 0.05) is 24.5 Å². The van der Waals surface area contributed by atoms with E-state index in [9.17, 15) is 0 Å². The first-order valence-electron chi connectivity index (χ1n) is 4.35. The van der Waals surface area contributed by atoms with Crippen molar-refractivity contribution in [2.45, 2.75) is 6.54 Å². The van der Waals surface area contributed by atoms with Crippen LogP contribution in [-0.2, 0) is 6.54 Å². The molecule has 0 unspecified atom stereocenters. The molecule has 0 aliphatic carbocycles. The van der Waals surface area contributed by atoms with Crippen LogP contribution >= 0.6 is 11.6 Å². The van der Waals surface area contributed by atoms with Gasteiger partial charge in [0.2, 0.25) is 0 Å². The number of rotatable bonds is 2. The molecule has 0 saturated carbocycles. The van der Waals surface area contributed by atoms with Gasteiger partial charge in [0.1, 0.15) is 5.52 Å². The van der Waals surface area contributed by atoms with Crippen molar-refractivity contribution in [3.05, 3.63) is 35.1 Å². The molecule has 0 atom stereocenters. The molecule has 0 radical (unpaired) electrons. The molecule has 0 aromatic carbocycles. The third-order valence-electron chi connectivity index (χ3n) is 2.00. The van der Waals surface area contributed by atoms with Crippen LogP contribution in [0.5, 0.6) is 0 Å². The quantitative estimate of drug-likeness (QED) is 0.819. The number of hydrogen-bond donors (Lipinski definition) is 1. The number of fused-ring (bicyclic) bond motifs is 1. The highest BCUT2D eigenvalue weighted by atomic mass is 35.5. The zero-order chi connectivity index (χ0) is 9.97. The van der Waals surface area contributed by atoms with E-state index < -0.39 is 0 Å². The number of halogens is 1. The number of hydrogen-bond acceptors (Lipinski definition) is 3. The Morgan fingerprint density at radius 2 is 2.29 bits per heavy atom. The fourth-order valence-electron chi connectivity index (χ4n) is 1.34. The van der Waals surface area contributed by atoms with Crippen LogP contribution in [0.25, 0.3) is 11.0 Å². The molecule has 2 aromatic rings. The molecule has 1 N–H and O–H groups in total. The number of nitrogens with one attached hydrogen (secondary N) is 1. The molecule has 0 amide bonds. The molecule has 0 aliphatic heterocycles. The summed E-state index contributed by atoms with van der Waals surface area (Å²) >= 11 is 6.18. The van der Waals surface area contributed by atoms with Crippen LogP contribution in [-0.4, -0.2) is 17.0 Å². The lowest BCUT2D eigenvalue weighted by molar-refractivity contribution is 0.815. The fraction of sp³-hybridized carbons (Fsp3) is 0.200. The van der Waals surface area contributed by atoms with Crippen LogP contribution in [0.1, 0.15) is 5.56 Å². The van der Waals surface area contributed by atoms with E-state index in [2.05, 4.69) is 15.3 Å². The molecule has 72 valence electrons. The molecule has 0 saturated heterocycles. The van der Waals surface area contributed by atoms with Crippen molar-refractivity contribution in [2.24, 2.45) is 0 Å². The third-order valence-corrected chi connectivity index (χ3v) is 2.42. The van der Waals surface area contributed by atoms with Gasteiger partial charge in [-0.2, -0.15) is 0 Å². The predicted molar refractivity (Wildman–Crippen MR) is 57.3 cm³/mol. The Balaban J connectivity index is 2.63. The van der Waals surface area contributed by atoms with Crippen molar-refractivity contribution in [3.8, 4) is 0 Å². The maximum Gasteiger partial charge on any atom is 0.108 e. The van der Waals surface area contributed by atoms with Gasteiger partial charge in [0.15, 0.2) is 0 Å². The maximum absolute atomic E-state index is 6.18. The van der Waals surface area contributed by atoms with E-state index >= 15 is 0 Å². The van der Waals surface area contributed by atoms with Crippen LogP contribution in [0.2, 0.25) is 5.02 Å². The van der Waals surface area contributed by atoms with E-state index in [1.807, 2.05) is 19.2 Å². The second-order valence-corrected chi connectivity index (χ2v) is 3.38. The lowest BCUT2D eigenvalue weighted by atomic mass is 10.2. The molecule has 2 heterocycles. The van der Waals surface area contributed by atoms with Crippen molar-refractivity contribution in [3.63, 3.8) is 0 Å². The molecule has 3 nitrogen and oxygen atoms in total. The normalized spacial score (nSPS) is 10.7. The van der Waals surface area contributed by atoms with Crippen molar-refractivity contribution in [1.82, 2.24) is 15.3 Å². The third kappa shape index (κ3) is 1.56. The van der Waals surface area contributed by atoms with Crippen molar-refractivity contribution in [1.29, 1.82) is 0 Å². The summed E-state index contributed by atoms with van der Waals surface area (Å²) in [6.45, 7) is 0.707. The molecule has 14 heavy (non-hydrogen) atoms. The Morgan fingerprint density at radius 1 is 1.43 bits per heavy atom. The highest BCUT2D eigenvalue weighted by Crippen LogP contribution is 2.23. The van der Waals surface area contributed by atoms with Gasteiger partial charge in [-0.1, -0.05) is 11.6 Å². The minimum absolute atomic E-state index is 0.685. The number of nitrogens with zero attached hydrogens (tertiary/aromatic N) is 2. The summed E-state index contributed by atoms with van der Waals surface area (Å²) in [5.41, 5.74) is 2.57. The van der Waals surface area contributed by atoms with Crippen molar-refractivity contribution in [2.75, 3.05) is 7.05 Å². The lowest BCUT2D eigenvalue weighted by Crippen LogP contribution is -2.06. The Hall–Kier alpha value is -1.19. The molecule has 0 spiro atoms. The van der Waals surface area contributed by atoms with Gasteiger partial charge in [-0.3, -0.25) is 9.97 Å². The molecule has 0 bridgehead atoms. The van der Waals surface area contributed by atoms with Gasteiger partial charge in [0.05, 0.1) is 10.5 Å². The highest BCUT2D eigenvalue weighted by Gasteiger charge is 2.05. The smallest absolute Gasteiger partial charge is 0.108 e. The van der Waals surface area contributed by atoms with Crippen LogP contribution in [0.4, 0.5) is 0 Å². The first-order chi connectivity index (χ1) is 6.83. The Morgan fingerprint density at radius 3 is 3.07 bits per heavy atom. The van der Waals surface area contributed by atoms with Crippen molar-refractivity contribution >= 4 is 22.6 Å². The highest BCUT2D eigenvalue weighted by molar-refractivity contribution is 6.35.